The summed E-state index contributed by atoms with van der Waals surface area (Å²) in [5, 5.41) is 12.8. The number of ether oxygens (including phenoxy) is 2. The maximum absolute atomic E-state index is 13.0. The fourth-order valence-corrected chi connectivity index (χ4v) is 3.32. The Morgan fingerprint density at radius 2 is 1.93 bits per heavy atom. The van der Waals surface area contributed by atoms with Crippen molar-refractivity contribution in [3.05, 3.63) is 70.9 Å². The highest BCUT2D eigenvalue weighted by molar-refractivity contribution is 5.95. The molecule has 2 N–H and O–H groups in total. The number of phenols is 1. The second kappa shape index (κ2) is 9.35. The quantitative estimate of drug-likeness (QED) is 0.682. The van der Waals surface area contributed by atoms with Crippen molar-refractivity contribution in [2.24, 2.45) is 0 Å². The van der Waals surface area contributed by atoms with Crippen LogP contribution >= 0.6 is 0 Å². The Balaban J connectivity index is 1.85. The predicted molar refractivity (Wildman–Crippen MR) is 112 cm³/mol. The lowest BCUT2D eigenvalue weighted by Gasteiger charge is -2.33. The molecular formula is C23H26N2O5. The van der Waals surface area contributed by atoms with Gasteiger partial charge in [-0.1, -0.05) is 36.4 Å². The second-order valence-electron chi connectivity index (χ2n) is 6.97. The van der Waals surface area contributed by atoms with E-state index in [1.807, 2.05) is 37.3 Å². The zero-order valence-electron chi connectivity index (χ0n) is 17.3. The average molecular weight is 410 g/mol. The topological polar surface area (TPSA) is 88.1 Å². The maximum Gasteiger partial charge on any atom is 0.338 e. The SMILES string of the molecule is CCOc1cc([C@@H]2NC(=O)N(C)C(C)=C2C(=O)OCCc2ccccc2)ccc1O. The van der Waals surface area contributed by atoms with E-state index in [1.54, 1.807) is 26.1 Å². The largest absolute Gasteiger partial charge is 0.504 e. The molecule has 0 radical (unpaired) electrons. The summed E-state index contributed by atoms with van der Waals surface area (Å²) >= 11 is 0. The van der Waals surface area contributed by atoms with Crippen molar-refractivity contribution in [1.82, 2.24) is 10.2 Å². The van der Waals surface area contributed by atoms with Gasteiger partial charge in [-0.15, -0.1) is 0 Å². The summed E-state index contributed by atoms with van der Waals surface area (Å²) < 4.78 is 11.0. The van der Waals surface area contributed by atoms with E-state index >= 15 is 0 Å². The Morgan fingerprint density at radius 1 is 1.20 bits per heavy atom. The van der Waals surface area contributed by atoms with Crippen LogP contribution in [0.3, 0.4) is 0 Å². The first kappa shape index (κ1) is 21.2. The number of allylic oxidation sites excluding steroid dienone is 1. The van der Waals surface area contributed by atoms with Crippen LogP contribution in [-0.2, 0) is 16.0 Å². The van der Waals surface area contributed by atoms with Gasteiger partial charge in [0.2, 0.25) is 0 Å². The number of nitrogens with zero attached hydrogens (tertiary/aromatic N) is 1. The third kappa shape index (κ3) is 4.56. The zero-order chi connectivity index (χ0) is 21.7. The van der Waals surface area contributed by atoms with E-state index in [-0.39, 0.29) is 24.1 Å². The van der Waals surface area contributed by atoms with Gasteiger partial charge in [-0.05, 0) is 37.1 Å². The number of hydrogen-bond donors (Lipinski definition) is 2. The highest BCUT2D eigenvalue weighted by Crippen LogP contribution is 2.35. The summed E-state index contributed by atoms with van der Waals surface area (Å²) in [6, 6.07) is 13.5. The van der Waals surface area contributed by atoms with E-state index < -0.39 is 12.0 Å². The average Bonchev–Trinajstić information content (AvgIpc) is 2.74. The van der Waals surface area contributed by atoms with E-state index in [2.05, 4.69) is 5.32 Å². The molecule has 0 saturated carbocycles. The molecule has 1 aliphatic rings. The Morgan fingerprint density at radius 3 is 2.63 bits per heavy atom. The maximum atomic E-state index is 13.0. The number of rotatable bonds is 7. The molecule has 0 aromatic heterocycles. The van der Waals surface area contributed by atoms with Crippen LogP contribution in [0.5, 0.6) is 11.5 Å². The normalized spacial score (nSPS) is 16.3. The van der Waals surface area contributed by atoms with Gasteiger partial charge in [-0.2, -0.15) is 0 Å². The molecule has 158 valence electrons. The third-order valence-electron chi connectivity index (χ3n) is 5.06. The number of nitrogens with one attached hydrogen (secondary N) is 1. The summed E-state index contributed by atoms with van der Waals surface area (Å²) in [7, 11) is 1.60. The third-order valence-corrected chi connectivity index (χ3v) is 5.06. The minimum Gasteiger partial charge on any atom is -0.504 e. The highest BCUT2D eigenvalue weighted by Gasteiger charge is 2.35. The Kier molecular flexibility index (Phi) is 6.61. The first-order valence-corrected chi connectivity index (χ1v) is 9.84. The van der Waals surface area contributed by atoms with Crippen molar-refractivity contribution in [3.63, 3.8) is 0 Å². The molecule has 2 aromatic rings. The summed E-state index contributed by atoms with van der Waals surface area (Å²) in [6.07, 6.45) is 0.597. The first-order valence-electron chi connectivity index (χ1n) is 9.84. The van der Waals surface area contributed by atoms with Crippen molar-refractivity contribution in [2.45, 2.75) is 26.3 Å². The molecule has 0 saturated heterocycles. The van der Waals surface area contributed by atoms with E-state index in [0.717, 1.165) is 5.56 Å². The number of aromatic hydroxyl groups is 1. The molecule has 0 bridgehead atoms. The summed E-state index contributed by atoms with van der Waals surface area (Å²) in [5.74, 6) is -0.212. The van der Waals surface area contributed by atoms with Crippen LogP contribution in [0, 0.1) is 0 Å². The van der Waals surface area contributed by atoms with Crippen LogP contribution in [0.25, 0.3) is 0 Å². The molecule has 0 spiro atoms. The molecule has 1 aliphatic heterocycles. The lowest BCUT2D eigenvalue weighted by atomic mass is 9.94. The van der Waals surface area contributed by atoms with E-state index in [4.69, 9.17) is 9.47 Å². The fourth-order valence-electron chi connectivity index (χ4n) is 3.32. The van der Waals surface area contributed by atoms with Gasteiger partial charge in [-0.3, -0.25) is 0 Å². The molecule has 1 heterocycles. The van der Waals surface area contributed by atoms with Crippen molar-refractivity contribution < 1.29 is 24.2 Å². The monoisotopic (exact) mass is 410 g/mol. The molecule has 2 amide bonds. The van der Waals surface area contributed by atoms with Crippen LogP contribution in [-0.4, -0.2) is 42.3 Å². The van der Waals surface area contributed by atoms with Crippen molar-refractivity contribution >= 4 is 12.0 Å². The van der Waals surface area contributed by atoms with Crippen LogP contribution in [0.15, 0.2) is 59.8 Å². The molecule has 3 rings (SSSR count). The minimum absolute atomic E-state index is 0.00690. The van der Waals surface area contributed by atoms with Gasteiger partial charge in [0, 0.05) is 19.2 Å². The Labute approximate surface area is 175 Å². The summed E-state index contributed by atoms with van der Waals surface area (Å²) in [5.41, 5.74) is 2.55. The van der Waals surface area contributed by atoms with E-state index in [0.29, 0.717) is 29.9 Å². The van der Waals surface area contributed by atoms with E-state index in [1.165, 1.54) is 11.0 Å². The number of carbonyl (C=O) groups is 2. The standard InChI is InChI=1S/C23H26N2O5/c1-4-29-19-14-17(10-11-18(19)26)21-20(15(2)25(3)23(28)24-21)22(27)30-13-12-16-8-6-5-7-9-16/h5-11,14,21,26H,4,12-13H2,1-3H3,(H,24,28)/t21-/m0/s1. The number of esters is 1. The number of phenolic OH excluding ortho intramolecular Hbond substituents is 1. The minimum atomic E-state index is -0.710. The summed E-state index contributed by atoms with van der Waals surface area (Å²) in [6.45, 7) is 4.12. The van der Waals surface area contributed by atoms with Gasteiger partial charge in [0.05, 0.1) is 24.8 Å². The molecule has 7 nitrogen and oxygen atoms in total. The van der Waals surface area contributed by atoms with Gasteiger partial charge in [-0.25, -0.2) is 9.59 Å². The number of urea groups is 1. The van der Waals surface area contributed by atoms with Gasteiger partial charge in [0.25, 0.3) is 0 Å². The number of carbonyl (C=O) groups excluding carboxylic acids is 2. The van der Waals surface area contributed by atoms with Gasteiger partial charge in [0.1, 0.15) is 0 Å². The van der Waals surface area contributed by atoms with E-state index in [9.17, 15) is 14.7 Å². The van der Waals surface area contributed by atoms with Crippen molar-refractivity contribution in [3.8, 4) is 11.5 Å². The first-order chi connectivity index (χ1) is 14.4. The Hall–Kier alpha value is -3.48. The lowest BCUT2D eigenvalue weighted by molar-refractivity contribution is -0.139. The molecule has 30 heavy (non-hydrogen) atoms. The smallest absolute Gasteiger partial charge is 0.338 e. The molecule has 7 heteroatoms. The lowest BCUT2D eigenvalue weighted by Crippen LogP contribution is -2.46. The number of hydrogen-bond acceptors (Lipinski definition) is 5. The highest BCUT2D eigenvalue weighted by atomic mass is 16.5. The van der Waals surface area contributed by atoms with Crippen LogP contribution in [0.4, 0.5) is 4.79 Å². The van der Waals surface area contributed by atoms with Crippen molar-refractivity contribution in [1.29, 1.82) is 0 Å². The predicted octanol–water partition coefficient (Wildman–Crippen LogP) is 3.55. The molecule has 0 unspecified atom stereocenters. The summed E-state index contributed by atoms with van der Waals surface area (Å²) in [4.78, 5) is 26.7. The van der Waals surface area contributed by atoms with Gasteiger partial charge >= 0.3 is 12.0 Å². The molecule has 0 fully saturated rings. The van der Waals surface area contributed by atoms with Crippen LogP contribution in [0.1, 0.15) is 31.0 Å². The Bertz CT molecular complexity index is 955. The van der Waals surface area contributed by atoms with Gasteiger partial charge < -0.3 is 24.8 Å². The number of amides is 2. The molecule has 1 atom stereocenters. The van der Waals surface area contributed by atoms with Crippen molar-refractivity contribution in [2.75, 3.05) is 20.3 Å². The number of benzene rings is 2. The second-order valence-corrected chi connectivity index (χ2v) is 6.97. The van der Waals surface area contributed by atoms with Gasteiger partial charge in [0.15, 0.2) is 11.5 Å². The zero-order valence-corrected chi connectivity index (χ0v) is 17.3. The fraction of sp³-hybridized carbons (Fsp3) is 0.304. The molecule has 2 aromatic carbocycles. The molecular weight excluding hydrogens is 384 g/mol. The molecule has 0 aliphatic carbocycles. The van der Waals surface area contributed by atoms with Crippen LogP contribution < -0.4 is 10.1 Å². The van der Waals surface area contributed by atoms with Crippen LogP contribution in [0.2, 0.25) is 0 Å².